The second kappa shape index (κ2) is 9.38. The van der Waals surface area contributed by atoms with Gasteiger partial charge >= 0.3 is 0 Å². The second-order valence-corrected chi connectivity index (χ2v) is 7.01. The van der Waals surface area contributed by atoms with Crippen LogP contribution in [0.25, 0.3) is 11.1 Å². The molecular weight excluding hydrogens is 415 g/mol. The third-order valence-electron chi connectivity index (χ3n) is 4.81. The second-order valence-electron chi connectivity index (χ2n) is 7.01. The molecule has 0 saturated heterocycles. The third kappa shape index (κ3) is 4.80. The van der Waals surface area contributed by atoms with Crippen molar-refractivity contribution in [2.75, 3.05) is 0 Å². The SMILES string of the molecule is NC(=Nc1ccnc(C(F)F)c1)c1c(F)cccc1Cc1cccc(-c2cncnc2)c1. The molecule has 2 N–H and O–H groups in total. The van der Waals surface area contributed by atoms with E-state index >= 15 is 0 Å². The summed E-state index contributed by atoms with van der Waals surface area (Å²) in [6, 6.07) is 14.9. The van der Waals surface area contributed by atoms with Crippen LogP contribution < -0.4 is 5.73 Å². The number of nitrogens with two attached hydrogens (primary N) is 1. The fourth-order valence-corrected chi connectivity index (χ4v) is 3.35. The van der Waals surface area contributed by atoms with Gasteiger partial charge in [-0.05, 0) is 41.3 Å². The summed E-state index contributed by atoms with van der Waals surface area (Å²) in [4.78, 5) is 15.8. The van der Waals surface area contributed by atoms with Crippen molar-refractivity contribution in [3.05, 3.63) is 108 Å². The summed E-state index contributed by atoms with van der Waals surface area (Å²) < 4.78 is 40.6. The van der Waals surface area contributed by atoms with Crippen LogP contribution in [0.3, 0.4) is 0 Å². The molecule has 2 heterocycles. The Morgan fingerprint density at radius 3 is 2.53 bits per heavy atom. The molecule has 0 radical (unpaired) electrons. The topological polar surface area (TPSA) is 77.0 Å². The maximum absolute atomic E-state index is 14.7. The molecule has 0 unspecified atom stereocenters. The first-order valence-electron chi connectivity index (χ1n) is 9.71. The first kappa shape index (κ1) is 21.2. The minimum Gasteiger partial charge on any atom is -0.383 e. The fraction of sp³-hybridized carbons (Fsp3) is 0.0833. The zero-order valence-corrected chi connectivity index (χ0v) is 16.8. The van der Waals surface area contributed by atoms with Crippen molar-refractivity contribution >= 4 is 11.5 Å². The number of alkyl halides is 2. The summed E-state index contributed by atoms with van der Waals surface area (Å²) in [5.41, 5.74) is 9.34. The molecule has 0 saturated carbocycles. The van der Waals surface area contributed by atoms with E-state index in [2.05, 4.69) is 19.9 Å². The van der Waals surface area contributed by atoms with Crippen LogP contribution in [0.1, 0.15) is 28.8 Å². The van der Waals surface area contributed by atoms with Gasteiger partial charge in [-0.3, -0.25) is 4.98 Å². The lowest BCUT2D eigenvalue weighted by Gasteiger charge is -2.12. The lowest BCUT2D eigenvalue weighted by Crippen LogP contribution is -2.17. The van der Waals surface area contributed by atoms with Crippen LogP contribution in [0.2, 0.25) is 0 Å². The molecule has 32 heavy (non-hydrogen) atoms. The van der Waals surface area contributed by atoms with E-state index in [-0.39, 0.29) is 17.1 Å². The molecule has 0 atom stereocenters. The first-order valence-corrected chi connectivity index (χ1v) is 9.71. The van der Waals surface area contributed by atoms with Crippen molar-refractivity contribution in [1.82, 2.24) is 15.0 Å². The standard InChI is InChI=1S/C24H18F3N5/c25-20-6-2-5-17(10-15-3-1-4-16(9-15)18-12-29-14-30-13-18)22(20)24(28)32-19-7-8-31-21(11-19)23(26)27/h1-9,11-14,23H,10H2,(H2,28,31,32). The highest BCUT2D eigenvalue weighted by molar-refractivity contribution is 6.00. The van der Waals surface area contributed by atoms with Gasteiger partial charge in [0.05, 0.1) is 11.3 Å². The van der Waals surface area contributed by atoms with Crippen molar-refractivity contribution in [3.63, 3.8) is 0 Å². The molecule has 160 valence electrons. The van der Waals surface area contributed by atoms with Gasteiger partial charge in [0.15, 0.2) is 0 Å². The zero-order valence-electron chi connectivity index (χ0n) is 16.8. The molecule has 0 aliphatic rings. The smallest absolute Gasteiger partial charge is 0.280 e. The van der Waals surface area contributed by atoms with Gasteiger partial charge in [0.1, 0.15) is 23.7 Å². The van der Waals surface area contributed by atoms with Crippen LogP contribution in [0.15, 0.2) is 84.5 Å². The monoisotopic (exact) mass is 433 g/mol. The minimum absolute atomic E-state index is 0.0999. The lowest BCUT2D eigenvalue weighted by atomic mass is 9.96. The Hall–Kier alpha value is -4.07. The van der Waals surface area contributed by atoms with Crippen LogP contribution in [-0.4, -0.2) is 20.8 Å². The van der Waals surface area contributed by atoms with Crippen LogP contribution in [0.4, 0.5) is 18.9 Å². The number of pyridine rings is 1. The number of rotatable bonds is 6. The van der Waals surface area contributed by atoms with Gasteiger partial charge in [0, 0.05) is 24.2 Å². The number of aromatic nitrogens is 3. The van der Waals surface area contributed by atoms with Crippen LogP contribution in [0, 0.1) is 5.82 Å². The predicted molar refractivity (Wildman–Crippen MR) is 116 cm³/mol. The molecule has 0 amide bonds. The molecule has 4 rings (SSSR count). The fourth-order valence-electron chi connectivity index (χ4n) is 3.35. The van der Waals surface area contributed by atoms with E-state index in [1.165, 1.54) is 24.7 Å². The molecule has 4 aromatic rings. The highest BCUT2D eigenvalue weighted by Gasteiger charge is 2.15. The Labute approximate surface area is 182 Å². The highest BCUT2D eigenvalue weighted by atomic mass is 19.3. The summed E-state index contributed by atoms with van der Waals surface area (Å²) in [7, 11) is 0. The van der Waals surface area contributed by atoms with Gasteiger partial charge in [-0.2, -0.15) is 0 Å². The van der Waals surface area contributed by atoms with Gasteiger partial charge < -0.3 is 5.73 Å². The van der Waals surface area contributed by atoms with E-state index in [0.29, 0.717) is 12.0 Å². The van der Waals surface area contributed by atoms with E-state index in [1.54, 1.807) is 24.5 Å². The summed E-state index contributed by atoms with van der Waals surface area (Å²) in [5, 5.41) is 0. The van der Waals surface area contributed by atoms with Gasteiger partial charge in [-0.25, -0.2) is 28.1 Å². The third-order valence-corrected chi connectivity index (χ3v) is 4.81. The maximum atomic E-state index is 14.7. The number of halogens is 3. The Bertz CT molecular complexity index is 1260. The molecule has 0 aliphatic heterocycles. The average molecular weight is 433 g/mol. The van der Waals surface area contributed by atoms with E-state index in [1.807, 2.05) is 24.3 Å². The van der Waals surface area contributed by atoms with Crippen LogP contribution in [-0.2, 0) is 6.42 Å². The van der Waals surface area contributed by atoms with Gasteiger partial charge in [0.25, 0.3) is 6.43 Å². The van der Waals surface area contributed by atoms with Gasteiger partial charge in [0.2, 0.25) is 0 Å². The van der Waals surface area contributed by atoms with Gasteiger partial charge in [-0.15, -0.1) is 0 Å². The number of nitrogens with zero attached hydrogens (tertiary/aromatic N) is 4. The molecular formula is C24H18F3N5. The molecule has 2 aromatic heterocycles. The number of amidine groups is 1. The van der Waals surface area contributed by atoms with E-state index < -0.39 is 17.9 Å². The van der Waals surface area contributed by atoms with Crippen molar-refractivity contribution in [2.24, 2.45) is 10.7 Å². The number of hydrogen-bond acceptors (Lipinski definition) is 4. The number of hydrogen-bond donors (Lipinski definition) is 1. The molecule has 0 spiro atoms. The average Bonchev–Trinajstić information content (AvgIpc) is 2.80. The Morgan fingerprint density at radius 2 is 1.75 bits per heavy atom. The first-order chi connectivity index (χ1) is 15.5. The summed E-state index contributed by atoms with van der Waals surface area (Å²) in [6.07, 6.45) is 3.76. The summed E-state index contributed by atoms with van der Waals surface area (Å²) in [5.74, 6) is -0.642. The molecule has 8 heteroatoms. The largest absolute Gasteiger partial charge is 0.383 e. The molecule has 2 aromatic carbocycles. The number of benzene rings is 2. The molecule has 5 nitrogen and oxygen atoms in total. The maximum Gasteiger partial charge on any atom is 0.280 e. The van der Waals surface area contributed by atoms with Crippen molar-refractivity contribution in [3.8, 4) is 11.1 Å². The number of aliphatic imine (C=N–C) groups is 1. The molecule has 0 aliphatic carbocycles. The Kier molecular flexibility index (Phi) is 6.21. The van der Waals surface area contributed by atoms with Gasteiger partial charge in [-0.1, -0.05) is 36.4 Å². The summed E-state index contributed by atoms with van der Waals surface area (Å²) in [6.45, 7) is 0. The quantitative estimate of drug-likeness (QED) is 0.333. The van der Waals surface area contributed by atoms with E-state index in [0.717, 1.165) is 22.8 Å². The van der Waals surface area contributed by atoms with Crippen molar-refractivity contribution in [1.29, 1.82) is 0 Å². The lowest BCUT2D eigenvalue weighted by molar-refractivity contribution is 0.146. The Morgan fingerprint density at radius 1 is 0.969 bits per heavy atom. The van der Waals surface area contributed by atoms with Crippen molar-refractivity contribution in [2.45, 2.75) is 12.8 Å². The Balaban J connectivity index is 1.68. The normalized spacial score (nSPS) is 11.7. The molecule has 0 bridgehead atoms. The van der Waals surface area contributed by atoms with E-state index in [9.17, 15) is 13.2 Å². The minimum atomic E-state index is -2.74. The van der Waals surface area contributed by atoms with Crippen LogP contribution >= 0.6 is 0 Å². The van der Waals surface area contributed by atoms with Crippen molar-refractivity contribution < 1.29 is 13.2 Å². The van der Waals surface area contributed by atoms with Crippen LogP contribution in [0.5, 0.6) is 0 Å². The predicted octanol–water partition coefficient (Wildman–Crippen LogP) is 5.24. The highest BCUT2D eigenvalue weighted by Crippen LogP contribution is 2.25. The van der Waals surface area contributed by atoms with E-state index in [4.69, 9.17) is 5.73 Å². The zero-order chi connectivity index (χ0) is 22.5. The molecule has 0 fully saturated rings. The summed E-state index contributed by atoms with van der Waals surface area (Å²) >= 11 is 0.